The van der Waals surface area contributed by atoms with Gasteiger partial charge in [-0.25, -0.2) is 0 Å². The minimum atomic E-state index is 0.504. The van der Waals surface area contributed by atoms with Gasteiger partial charge in [-0.3, -0.25) is 4.90 Å². The summed E-state index contributed by atoms with van der Waals surface area (Å²) in [6.07, 6.45) is 2.57. The Morgan fingerprint density at radius 3 is 2.81 bits per heavy atom. The van der Waals surface area contributed by atoms with E-state index in [0.29, 0.717) is 12.1 Å². The molecule has 1 heterocycles. The second kappa shape index (κ2) is 5.46. The number of hydrogen-bond acceptors (Lipinski definition) is 2. The van der Waals surface area contributed by atoms with Gasteiger partial charge in [-0.15, -0.1) is 0 Å². The standard InChI is InChI=1S/C14H21NO/c1-12(13-7-4-3-5-8-13)15-10-6-9-14(15)11-16-2/h3-5,7-8,12,14H,6,9-11H2,1-2H3/t12-,14+/m1/s1. The summed E-state index contributed by atoms with van der Waals surface area (Å²) >= 11 is 0. The molecule has 2 nitrogen and oxygen atoms in total. The summed E-state index contributed by atoms with van der Waals surface area (Å²) in [7, 11) is 1.80. The fourth-order valence-electron chi connectivity index (χ4n) is 2.66. The molecule has 1 fully saturated rings. The third kappa shape index (κ3) is 2.45. The van der Waals surface area contributed by atoms with Crippen molar-refractivity contribution in [1.29, 1.82) is 0 Å². The van der Waals surface area contributed by atoms with Crippen LogP contribution in [0.4, 0.5) is 0 Å². The van der Waals surface area contributed by atoms with Crippen LogP contribution in [-0.2, 0) is 4.74 Å². The Balaban J connectivity index is 2.06. The first-order chi connectivity index (χ1) is 7.83. The monoisotopic (exact) mass is 219 g/mol. The Morgan fingerprint density at radius 1 is 1.38 bits per heavy atom. The number of methoxy groups -OCH3 is 1. The predicted octanol–water partition coefficient (Wildman–Crippen LogP) is 2.86. The lowest BCUT2D eigenvalue weighted by Crippen LogP contribution is -2.35. The molecule has 1 aliphatic heterocycles. The van der Waals surface area contributed by atoms with E-state index in [1.165, 1.54) is 24.9 Å². The van der Waals surface area contributed by atoms with Gasteiger partial charge in [-0.05, 0) is 31.9 Å². The second-order valence-electron chi connectivity index (χ2n) is 4.58. The summed E-state index contributed by atoms with van der Waals surface area (Å²) in [6.45, 7) is 4.35. The highest BCUT2D eigenvalue weighted by atomic mass is 16.5. The third-order valence-corrected chi connectivity index (χ3v) is 3.56. The van der Waals surface area contributed by atoms with Crippen LogP contribution in [0, 0.1) is 0 Å². The Hall–Kier alpha value is -0.860. The molecule has 16 heavy (non-hydrogen) atoms. The summed E-state index contributed by atoms with van der Waals surface area (Å²) in [6, 6.07) is 11.8. The minimum Gasteiger partial charge on any atom is -0.383 e. The molecular weight excluding hydrogens is 198 g/mol. The van der Waals surface area contributed by atoms with E-state index in [-0.39, 0.29) is 0 Å². The van der Waals surface area contributed by atoms with E-state index in [9.17, 15) is 0 Å². The van der Waals surface area contributed by atoms with Crippen molar-refractivity contribution in [3.63, 3.8) is 0 Å². The zero-order chi connectivity index (χ0) is 11.4. The molecule has 1 aliphatic rings. The van der Waals surface area contributed by atoms with Crippen molar-refractivity contribution < 1.29 is 4.74 Å². The molecule has 0 radical (unpaired) electrons. The maximum Gasteiger partial charge on any atom is 0.0618 e. The Labute approximate surface area is 98.2 Å². The van der Waals surface area contributed by atoms with Gasteiger partial charge in [0.15, 0.2) is 0 Å². The van der Waals surface area contributed by atoms with Gasteiger partial charge in [-0.2, -0.15) is 0 Å². The van der Waals surface area contributed by atoms with Crippen LogP contribution in [0.2, 0.25) is 0 Å². The fourth-order valence-corrected chi connectivity index (χ4v) is 2.66. The molecule has 0 amide bonds. The van der Waals surface area contributed by atoms with E-state index in [4.69, 9.17) is 4.74 Å². The molecule has 2 rings (SSSR count). The van der Waals surface area contributed by atoms with Crippen LogP contribution in [0.1, 0.15) is 31.4 Å². The van der Waals surface area contributed by atoms with E-state index in [2.05, 4.69) is 42.2 Å². The molecule has 88 valence electrons. The van der Waals surface area contributed by atoms with E-state index >= 15 is 0 Å². The van der Waals surface area contributed by atoms with Gasteiger partial charge in [0.25, 0.3) is 0 Å². The third-order valence-electron chi connectivity index (χ3n) is 3.56. The van der Waals surface area contributed by atoms with Crippen molar-refractivity contribution in [2.75, 3.05) is 20.3 Å². The minimum absolute atomic E-state index is 0.504. The SMILES string of the molecule is COC[C@@H]1CCCN1[C@H](C)c1ccccc1. The topological polar surface area (TPSA) is 12.5 Å². The molecule has 2 heteroatoms. The van der Waals surface area contributed by atoms with Gasteiger partial charge in [0.2, 0.25) is 0 Å². The fraction of sp³-hybridized carbons (Fsp3) is 0.571. The lowest BCUT2D eigenvalue weighted by Gasteiger charge is -2.30. The lowest BCUT2D eigenvalue weighted by atomic mass is 10.1. The summed E-state index contributed by atoms with van der Waals surface area (Å²) in [5, 5.41) is 0. The zero-order valence-electron chi connectivity index (χ0n) is 10.2. The number of nitrogens with zero attached hydrogens (tertiary/aromatic N) is 1. The summed E-state index contributed by atoms with van der Waals surface area (Å²) in [4.78, 5) is 2.57. The Morgan fingerprint density at radius 2 is 2.12 bits per heavy atom. The first kappa shape index (κ1) is 11.6. The van der Waals surface area contributed by atoms with Gasteiger partial charge in [0.1, 0.15) is 0 Å². The summed E-state index contributed by atoms with van der Waals surface area (Å²) < 4.78 is 5.30. The highest BCUT2D eigenvalue weighted by Gasteiger charge is 2.28. The van der Waals surface area contributed by atoms with Crippen molar-refractivity contribution in [2.24, 2.45) is 0 Å². The normalized spacial score (nSPS) is 23.5. The van der Waals surface area contributed by atoms with Crippen LogP contribution in [-0.4, -0.2) is 31.2 Å². The Bertz CT molecular complexity index is 312. The molecule has 0 aliphatic carbocycles. The number of rotatable bonds is 4. The molecule has 0 aromatic heterocycles. The van der Waals surface area contributed by atoms with E-state index < -0.39 is 0 Å². The van der Waals surface area contributed by atoms with Crippen LogP contribution in [0.25, 0.3) is 0 Å². The van der Waals surface area contributed by atoms with E-state index in [1.54, 1.807) is 7.11 Å². The van der Waals surface area contributed by atoms with Crippen molar-refractivity contribution in [3.05, 3.63) is 35.9 Å². The Kier molecular flexibility index (Phi) is 3.97. The van der Waals surface area contributed by atoms with Crippen molar-refractivity contribution >= 4 is 0 Å². The molecule has 1 saturated heterocycles. The van der Waals surface area contributed by atoms with Crippen LogP contribution < -0.4 is 0 Å². The van der Waals surface area contributed by atoms with Crippen LogP contribution in [0.3, 0.4) is 0 Å². The first-order valence-electron chi connectivity index (χ1n) is 6.12. The average molecular weight is 219 g/mol. The van der Waals surface area contributed by atoms with Crippen LogP contribution >= 0.6 is 0 Å². The summed E-state index contributed by atoms with van der Waals surface area (Å²) in [5.41, 5.74) is 1.41. The highest BCUT2D eigenvalue weighted by Crippen LogP contribution is 2.28. The van der Waals surface area contributed by atoms with Crippen molar-refractivity contribution in [1.82, 2.24) is 4.90 Å². The number of hydrogen-bond donors (Lipinski definition) is 0. The van der Waals surface area contributed by atoms with Crippen molar-refractivity contribution in [3.8, 4) is 0 Å². The molecule has 0 spiro atoms. The second-order valence-corrected chi connectivity index (χ2v) is 4.58. The van der Waals surface area contributed by atoms with Crippen LogP contribution in [0.15, 0.2) is 30.3 Å². The molecule has 2 atom stereocenters. The predicted molar refractivity (Wildman–Crippen MR) is 66.5 cm³/mol. The summed E-state index contributed by atoms with van der Waals surface area (Å²) in [5.74, 6) is 0. The molecule has 1 aromatic carbocycles. The van der Waals surface area contributed by atoms with Gasteiger partial charge < -0.3 is 4.74 Å². The molecule has 0 bridgehead atoms. The first-order valence-corrected chi connectivity index (χ1v) is 6.12. The highest BCUT2D eigenvalue weighted by molar-refractivity contribution is 5.18. The average Bonchev–Trinajstić information content (AvgIpc) is 2.78. The van der Waals surface area contributed by atoms with Gasteiger partial charge >= 0.3 is 0 Å². The lowest BCUT2D eigenvalue weighted by molar-refractivity contribution is 0.0936. The number of ether oxygens (including phenoxy) is 1. The van der Waals surface area contributed by atoms with Crippen molar-refractivity contribution in [2.45, 2.75) is 31.8 Å². The van der Waals surface area contributed by atoms with E-state index in [0.717, 1.165) is 6.61 Å². The zero-order valence-corrected chi connectivity index (χ0v) is 10.2. The molecule has 1 aromatic rings. The van der Waals surface area contributed by atoms with E-state index in [1.807, 2.05) is 0 Å². The van der Waals surface area contributed by atoms with Gasteiger partial charge in [0.05, 0.1) is 6.61 Å². The smallest absolute Gasteiger partial charge is 0.0618 e. The largest absolute Gasteiger partial charge is 0.383 e. The molecule has 0 unspecified atom stereocenters. The molecule has 0 saturated carbocycles. The number of likely N-dealkylation sites (tertiary alicyclic amines) is 1. The maximum atomic E-state index is 5.30. The maximum absolute atomic E-state index is 5.30. The molecule has 0 N–H and O–H groups in total. The van der Waals surface area contributed by atoms with Gasteiger partial charge in [0, 0.05) is 19.2 Å². The molecular formula is C14H21NO. The van der Waals surface area contributed by atoms with Gasteiger partial charge in [-0.1, -0.05) is 30.3 Å². The van der Waals surface area contributed by atoms with Crippen LogP contribution in [0.5, 0.6) is 0 Å². The quantitative estimate of drug-likeness (QED) is 0.772. The number of benzene rings is 1.